The van der Waals surface area contributed by atoms with E-state index in [4.69, 9.17) is 5.73 Å². The number of hydrogen-bond donors (Lipinski definition) is 2. The second-order valence-electron chi connectivity index (χ2n) is 9.63. The summed E-state index contributed by atoms with van der Waals surface area (Å²) >= 11 is 0. The molecule has 5 rings (SSSR count). The number of aryl methyl sites for hydroxylation is 1. The highest BCUT2D eigenvalue weighted by atomic mass is 16.1. The molecule has 3 saturated heterocycles. The maximum absolute atomic E-state index is 12.5. The predicted octanol–water partition coefficient (Wildman–Crippen LogP) is 1.96. The van der Waals surface area contributed by atoms with Crippen molar-refractivity contribution in [2.75, 3.05) is 36.8 Å². The number of nitrogens with zero attached hydrogens (tertiary/aromatic N) is 4. The highest BCUT2D eigenvalue weighted by molar-refractivity contribution is 5.79. The molecule has 0 unspecified atom stereocenters. The molecule has 1 aromatic rings. The van der Waals surface area contributed by atoms with Gasteiger partial charge in [-0.25, -0.2) is 4.98 Å². The molecule has 0 spiro atoms. The van der Waals surface area contributed by atoms with Gasteiger partial charge < -0.3 is 16.0 Å². The van der Waals surface area contributed by atoms with E-state index >= 15 is 0 Å². The van der Waals surface area contributed by atoms with Gasteiger partial charge in [0.25, 0.3) is 0 Å². The summed E-state index contributed by atoms with van der Waals surface area (Å²) in [5.41, 5.74) is 6.86. The molecule has 3 N–H and O–H groups in total. The third kappa shape index (κ3) is 3.69. The van der Waals surface area contributed by atoms with E-state index in [1.54, 1.807) is 0 Å². The number of rotatable bonds is 4. The molecule has 4 aliphatic rings. The minimum Gasteiger partial charge on any atom is -0.368 e. The van der Waals surface area contributed by atoms with E-state index in [1.807, 2.05) is 6.92 Å². The normalized spacial score (nSPS) is 32.4. The molecule has 7 heteroatoms. The van der Waals surface area contributed by atoms with Crippen LogP contribution in [-0.2, 0) is 4.79 Å². The fourth-order valence-electron chi connectivity index (χ4n) is 6.13. The highest BCUT2D eigenvalue weighted by Crippen LogP contribution is 2.42. The molecular weight excluding hydrogens is 364 g/mol. The SMILES string of the molecule is Cc1cc(N2C[C@H]3C[C@@H](C2)[C@H](CNC(=O)C2CCC2)N2CCCC[C@@H]32)nc(N)n1. The molecule has 1 saturated carbocycles. The number of carbonyl (C=O) groups excluding carboxylic acids is 1. The van der Waals surface area contributed by atoms with Gasteiger partial charge in [-0.2, -0.15) is 4.98 Å². The van der Waals surface area contributed by atoms with E-state index in [1.165, 1.54) is 38.6 Å². The van der Waals surface area contributed by atoms with Crippen molar-refractivity contribution in [1.29, 1.82) is 0 Å². The summed E-state index contributed by atoms with van der Waals surface area (Å²) in [6, 6.07) is 3.13. The van der Waals surface area contributed by atoms with Gasteiger partial charge in [-0.1, -0.05) is 12.8 Å². The van der Waals surface area contributed by atoms with Gasteiger partial charge in [0.15, 0.2) is 0 Å². The van der Waals surface area contributed by atoms with Crippen molar-refractivity contribution in [2.45, 2.75) is 64.0 Å². The molecule has 7 nitrogen and oxygen atoms in total. The quantitative estimate of drug-likeness (QED) is 0.806. The summed E-state index contributed by atoms with van der Waals surface area (Å²) in [5, 5.41) is 3.32. The Bertz CT molecular complexity index is 745. The Morgan fingerprint density at radius 1 is 1.17 bits per heavy atom. The summed E-state index contributed by atoms with van der Waals surface area (Å²) in [6.45, 7) is 5.99. The van der Waals surface area contributed by atoms with Gasteiger partial charge in [-0.3, -0.25) is 9.69 Å². The first-order chi connectivity index (χ1) is 14.1. The summed E-state index contributed by atoms with van der Waals surface area (Å²) in [6.07, 6.45) is 8.49. The zero-order valence-electron chi connectivity index (χ0n) is 17.5. The van der Waals surface area contributed by atoms with E-state index in [0.29, 0.717) is 29.9 Å². The molecule has 1 aliphatic carbocycles. The molecule has 4 atom stereocenters. The lowest BCUT2D eigenvalue weighted by molar-refractivity contribution is -0.128. The molecule has 0 radical (unpaired) electrons. The molecular formula is C22H34N6O. The molecule has 3 aliphatic heterocycles. The average molecular weight is 399 g/mol. The number of amides is 1. The Balaban J connectivity index is 1.35. The molecule has 2 bridgehead atoms. The van der Waals surface area contributed by atoms with E-state index in [9.17, 15) is 4.79 Å². The molecule has 4 fully saturated rings. The summed E-state index contributed by atoms with van der Waals surface area (Å²) in [4.78, 5) is 26.5. The molecule has 1 amide bonds. The van der Waals surface area contributed by atoms with Gasteiger partial charge in [0.2, 0.25) is 11.9 Å². The Hall–Kier alpha value is -1.89. The number of hydrogen-bond acceptors (Lipinski definition) is 6. The van der Waals surface area contributed by atoms with E-state index in [0.717, 1.165) is 44.0 Å². The third-order valence-electron chi connectivity index (χ3n) is 7.77. The van der Waals surface area contributed by atoms with Crippen LogP contribution in [0.3, 0.4) is 0 Å². The van der Waals surface area contributed by atoms with Crippen LogP contribution >= 0.6 is 0 Å². The highest BCUT2D eigenvalue weighted by Gasteiger charge is 2.47. The molecule has 158 valence electrons. The summed E-state index contributed by atoms with van der Waals surface area (Å²) in [7, 11) is 0. The van der Waals surface area contributed by atoms with E-state index < -0.39 is 0 Å². The Labute approximate surface area is 173 Å². The van der Waals surface area contributed by atoms with Crippen molar-refractivity contribution in [3.05, 3.63) is 11.8 Å². The topological polar surface area (TPSA) is 87.4 Å². The molecule has 29 heavy (non-hydrogen) atoms. The minimum atomic E-state index is 0.262. The van der Waals surface area contributed by atoms with Crippen LogP contribution in [0.4, 0.5) is 11.8 Å². The summed E-state index contributed by atoms with van der Waals surface area (Å²) in [5.74, 6) is 3.09. The Morgan fingerprint density at radius 2 is 2.00 bits per heavy atom. The maximum Gasteiger partial charge on any atom is 0.223 e. The van der Waals surface area contributed by atoms with Gasteiger partial charge in [0.05, 0.1) is 0 Å². The van der Waals surface area contributed by atoms with Crippen LogP contribution in [0.25, 0.3) is 0 Å². The standard InChI is InChI=1S/C22H34N6O/c1-14-9-20(26-22(23)25-14)27-12-16-10-17(13-27)19(28-8-3-2-7-18(16)28)11-24-21(29)15-5-4-6-15/h9,15-19H,2-8,10-13H2,1H3,(H,24,29)(H2,23,25,26)/t16-,17+,18+,19+/m1/s1. The van der Waals surface area contributed by atoms with Gasteiger partial charge in [0, 0.05) is 49.4 Å². The fourth-order valence-corrected chi connectivity index (χ4v) is 6.13. The number of nitrogens with two attached hydrogens (primary N) is 1. The number of anilines is 2. The van der Waals surface area contributed by atoms with Crippen LogP contribution in [0.1, 0.15) is 50.6 Å². The van der Waals surface area contributed by atoms with Gasteiger partial charge in [-0.15, -0.1) is 0 Å². The predicted molar refractivity (Wildman–Crippen MR) is 113 cm³/mol. The number of carbonyl (C=O) groups is 1. The first kappa shape index (κ1) is 19.1. The van der Waals surface area contributed by atoms with Crippen LogP contribution < -0.4 is 16.0 Å². The van der Waals surface area contributed by atoms with Crippen LogP contribution in [0.15, 0.2) is 6.07 Å². The number of piperidine rings is 3. The minimum absolute atomic E-state index is 0.262. The van der Waals surface area contributed by atoms with Crippen LogP contribution in [0.5, 0.6) is 0 Å². The average Bonchev–Trinajstić information content (AvgIpc) is 2.65. The van der Waals surface area contributed by atoms with E-state index in [-0.39, 0.29) is 11.8 Å². The second-order valence-corrected chi connectivity index (χ2v) is 9.63. The Morgan fingerprint density at radius 3 is 2.76 bits per heavy atom. The fraction of sp³-hybridized carbons (Fsp3) is 0.773. The lowest BCUT2D eigenvalue weighted by Gasteiger charge is -2.57. The zero-order valence-corrected chi connectivity index (χ0v) is 17.5. The first-order valence-corrected chi connectivity index (χ1v) is 11.5. The lowest BCUT2D eigenvalue weighted by Crippen LogP contribution is -2.66. The monoisotopic (exact) mass is 398 g/mol. The molecule has 4 heterocycles. The number of nitrogen functional groups attached to an aromatic ring is 1. The second kappa shape index (κ2) is 7.74. The van der Waals surface area contributed by atoms with Crippen LogP contribution in [0.2, 0.25) is 0 Å². The zero-order chi connectivity index (χ0) is 20.0. The molecule has 1 aromatic heterocycles. The van der Waals surface area contributed by atoms with Crippen molar-refractivity contribution in [3.63, 3.8) is 0 Å². The number of nitrogens with one attached hydrogen (secondary N) is 1. The maximum atomic E-state index is 12.5. The van der Waals surface area contributed by atoms with Crippen LogP contribution in [-0.4, -0.2) is 59.0 Å². The van der Waals surface area contributed by atoms with Crippen molar-refractivity contribution in [2.24, 2.45) is 17.8 Å². The van der Waals surface area contributed by atoms with Crippen molar-refractivity contribution < 1.29 is 4.79 Å². The van der Waals surface area contributed by atoms with Crippen molar-refractivity contribution in [1.82, 2.24) is 20.2 Å². The lowest BCUT2D eigenvalue weighted by atomic mass is 9.72. The summed E-state index contributed by atoms with van der Waals surface area (Å²) < 4.78 is 0. The van der Waals surface area contributed by atoms with Crippen molar-refractivity contribution >= 4 is 17.7 Å². The van der Waals surface area contributed by atoms with Gasteiger partial charge in [-0.05, 0) is 57.4 Å². The van der Waals surface area contributed by atoms with Crippen LogP contribution in [0, 0.1) is 24.7 Å². The smallest absolute Gasteiger partial charge is 0.223 e. The molecule has 0 aromatic carbocycles. The Kier molecular flexibility index (Phi) is 5.10. The van der Waals surface area contributed by atoms with E-state index in [2.05, 4.69) is 31.2 Å². The van der Waals surface area contributed by atoms with Gasteiger partial charge in [0.1, 0.15) is 5.82 Å². The number of aromatic nitrogens is 2. The van der Waals surface area contributed by atoms with Gasteiger partial charge >= 0.3 is 0 Å². The largest absolute Gasteiger partial charge is 0.368 e. The first-order valence-electron chi connectivity index (χ1n) is 11.5. The third-order valence-corrected chi connectivity index (χ3v) is 7.77. The van der Waals surface area contributed by atoms with Crippen molar-refractivity contribution in [3.8, 4) is 0 Å². The number of fused-ring (bicyclic) bond motifs is 4.